The van der Waals surface area contributed by atoms with Crippen LogP contribution in [0.1, 0.15) is 29.3 Å². The molecule has 6 heteroatoms. The Morgan fingerprint density at radius 2 is 2.30 bits per heavy atom. The fourth-order valence-corrected chi connectivity index (χ4v) is 2.33. The van der Waals surface area contributed by atoms with Gasteiger partial charge >= 0.3 is 0 Å². The molecule has 1 atom stereocenters. The van der Waals surface area contributed by atoms with Crippen LogP contribution in [0.5, 0.6) is 0 Å². The van der Waals surface area contributed by atoms with Crippen molar-refractivity contribution in [2.24, 2.45) is 0 Å². The summed E-state index contributed by atoms with van der Waals surface area (Å²) in [5.41, 5.74) is 1.03. The maximum absolute atomic E-state index is 12.4. The molecule has 6 nitrogen and oxygen atoms in total. The molecule has 1 fully saturated rings. The number of aryl methyl sites for hydroxylation is 1. The zero-order chi connectivity index (χ0) is 14.7. The summed E-state index contributed by atoms with van der Waals surface area (Å²) in [5, 5.41) is 10.8. The number of nitro groups is 1. The van der Waals surface area contributed by atoms with Crippen molar-refractivity contribution in [3.05, 3.63) is 39.4 Å². The van der Waals surface area contributed by atoms with Gasteiger partial charge < -0.3 is 9.64 Å². The quantitative estimate of drug-likeness (QED) is 0.627. The van der Waals surface area contributed by atoms with Crippen molar-refractivity contribution >= 4 is 11.6 Å². The molecular weight excluding hydrogens is 260 g/mol. The van der Waals surface area contributed by atoms with Gasteiger partial charge in [0.05, 0.1) is 17.6 Å². The first-order valence-corrected chi connectivity index (χ1v) is 6.68. The normalized spacial score (nSPS) is 18.9. The average molecular weight is 278 g/mol. The molecule has 0 radical (unpaired) electrons. The zero-order valence-electron chi connectivity index (χ0n) is 11.7. The number of carbonyl (C=O) groups excluding carboxylic acids is 1. The zero-order valence-corrected chi connectivity index (χ0v) is 11.7. The first-order valence-electron chi connectivity index (χ1n) is 6.68. The highest BCUT2D eigenvalue weighted by molar-refractivity contribution is 5.94. The van der Waals surface area contributed by atoms with Gasteiger partial charge in [0.2, 0.25) is 0 Å². The standard InChI is InChI=1S/C14H18N2O4/c1-3-12-9-15(6-7-20-12)14(17)11-4-5-13(16(18)19)10(2)8-11/h4-5,8,12H,3,6-7,9H2,1-2H3. The summed E-state index contributed by atoms with van der Waals surface area (Å²) in [7, 11) is 0. The minimum Gasteiger partial charge on any atom is -0.375 e. The van der Waals surface area contributed by atoms with Gasteiger partial charge in [0, 0.05) is 30.3 Å². The van der Waals surface area contributed by atoms with Crippen molar-refractivity contribution in [3.63, 3.8) is 0 Å². The van der Waals surface area contributed by atoms with Crippen LogP contribution in [-0.2, 0) is 4.74 Å². The Kier molecular flexibility index (Phi) is 4.34. The van der Waals surface area contributed by atoms with Crippen molar-refractivity contribution in [2.75, 3.05) is 19.7 Å². The second-order valence-electron chi connectivity index (χ2n) is 4.91. The molecule has 0 spiro atoms. The smallest absolute Gasteiger partial charge is 0.272 e. The van der Waals surface area contributed by atoms with Crippen LogP contribution in [0.2, 0.25) is 0 Å². The molecule has 108 valence electrons. The molecule has 1 aliphatic heterocycles. The lowest BCUT2D eigenvalue weighted by Crippen LogP contribution is -2.45. The van der Waals surface area contributed by atoms with E-state index in [1.807, 2.05) is 6.92 Å². The Bertz CT molecular complexity index is 530. The highest BCUT2D eigenvalue weighted by Crippen LogP contribution is 2.20. The summed E-state index contributed by atoms with van der Waals surface area (Å²) >= 11 is 0. The van der Waals surface area contributed by atoms with Gasteiger partial charge in [0.25, 0.3) is 11.6 Å². The molecule has 2 rings (SSSR count). The molecular formula is C14H18N2O4. The molecule has 0 aromatic heterocycles. The molecule has 1 aliphatic rings. The number of nitro benzene ring substituents is 1. The van der Waals surface area contributed by atoms with Crippen LogP contribution < -0.4 is 0 Å². The molecule has 1 heterocycles. The number of carbonyl (C=O) groups is 1. The van der Waals surface area contributed by atoms with Gasteiger partial charge in [0.15, 0.2) is 0 Å². The molecule has 1 amide bonds. The first kappa shape index (κ1) is 14.5. The van der Waals surface area contributed by atoms with Gasteiger partial charge in [-0.1, -0.05) is 6.92 Å². The van der Waals surface area contributed by atoms with Crippen molar-refractivity contribution < 1.29 is 14.5 Å². The van der Waals surface area contributed by atoms with Gasteiger partial charge in [-0.25, -0.2) is 0 Å². The molecule has 20 heavy (non-hydrogen) atoms. The number of nitrogens with zero attached hydrogens (tertiary/aromatic N) is 2. The number of amides is 1. The molecule has 1 unspecified atom stereocenters. The lowest BCUT2D eigenvalue weighted by atomic mass is 10.1. The van der Waals surface area contributed by atoms with E-state index in [2.05, 4.69) is 0 Å². The van der Waals surface area contributed by atoms with Gasteiger partial charge in [-0.05, 0) is 25.5 Å². The van der Waals surface area contributed by atoms with E-state index < -0.39 is 4.92 Å². The van der Waals surface area contributed by atoms with Gasteiger partial charge in [-0.3, -0.25) is 14.9 Å². The van der Waals surface area contributed by atoms with E-state index in [0.717, 1.165) is 6.42 Å². The molecule has 1 aromatic carbocycles. The molecule has 0 bridgehead atoms. The Hall–Kier alpha value is -1.95. The average Bonchev–Trinajstić information content (AvgIpc) is 2.46. The highest BCUT2D eigenvalue weighted by atomic mass is 16.6. The van der Waals surface area contributed by atoms with E-state index >= 15 is 0 Å². The van der Waals surface area contributed by atoms with Crippen LogP contribution in [0.3, 0.4) is 0 Å². The third-order valence-corrected chi connectivity index (χ3v) is 3.52. The van der Waals surface area contributed by atoms with Gasteiger partial charge in [-0.15, -0.1) is 0 Å². The van der Waals surface area contributed by atoms with Crippen molar-refractivity contribution in [3.8, 4) is 0 Å². The van der Waals surface area contributed by atoms with Gasteiger partial charge in [-0.2, -0.15) is 0 Å². The van der Waals surface area contributed by atoms with Crippen LogP contribution in [0.4, 0.5) is 5.69 Å². The largest absolute Gasteiger partial charge is 0.375 e. The molecule has 0 N–H and O–H groups in total. The minimum absolute atomic E-state index is 0.0370. The van der Waals surface area contributed by atoms with Crippen molar-refractivity contribution in [2.45, 2.75) is 26.4 Å². The fourth-order valence-electron chi connectivity index (χ4n) is 2.33. The monoisotopic (exact) mass is 278 g/mol. The van der Waals surface area contributed by atoms with E-state index in [0.29, 0.717) is 30.8 Å². The Morgan fingerprint density at radius 1 is 1.55 bits per heavy atom. The maximum Gasteiger partial charge on any atom is 0.272 e. The number of rotatable bonds is 3. The fraction of sp³-hybridized carbons (Fsp3) is 0.500. The summed E-state index contributed by atoms with van der Waals surface area (Å²) in [4.78, 5) is 24.5. The lowest BCUT2D eigenvalue weighted by Gasteiger charge is -2.32. The Balaban J connectivity index is 2.17. The van der Waals surface area contributed by atoms with Crippen LogP contribution in [0, 0.1) is 17.0 Å². The molecule has 1 saturated heterocycles. The summed E-state index contributed by atoms with van der Waals surface area (Å²) in [6.07, 6.45) is 0.940. The van der Waals surface area contributed by atoms with E-state index in [4.69, 9.17) is 4.74 Å². The van der Waals surface area contributed by atoms with E-state index in [-0.39, 0.29) is 17.7 Å². The molecule has 0 aliphatic carbocycles. The first-order chi connectivity index (χ1) is 9.52. The third kappa shape index (κ3) is 2.96. The number of benzene rings is 1. The maximum atomic E-state index is 12.4. The lowest BCUT2D eigenvalue weighted by molar-refractivity contribution is -0.385. The number of ether oxygens (including phenoxy) is 1. The predicted octanol–water partition coefficient (Wildman–Crippen LogP) is 2.15. The highest BCUT2D eigenvalue weighted by Gasteiger charge is 2.24. The Labute approximate surface area is 117 Å². The van der Waals surface area contributed by atoms with Crippen molar-refractivity contribution in [1.29, 1.82) is 0 Å². The summed E-state index contributed by atoms with van der Waals surface area (Å²) < 4.78 is 5.53. The predicted molar refractivity (Wildman–Crippen MR) is 73.8 cm³/mol. The summed E-state index contributed by atoms with van der Waals surface area (Å²) in [5.74, 6) is -0.0928. The Morgan fingerprint density at radius 3 is 2.90 bits per heavy atom. The molecule has 1 aromatic rings. The van der Waals surface area contributed by atoms with Crippen LogP contribution in [0.15, 0.2) is 18.2 Å². The number of hydrogen-bond donors (Lipinski definition) is 0. The van der Waals surface area contributed by atoms with E-state index in [1.165, 1.54) is 12.1 Å². The summed E-state index contributed by atoms with van der Waals surface area (Å²) in [6, 6.07) is 4.49. The van der Waals surface area contributed by atoms with E-state index in [9.17, 15) is 14.9 Å². The number of hydrogen-bond acceptors (Lipinski definition) is 4. The van der Waals surface area contributed by atoms with E-state index in [1.54, 1.807) is 17.9 Å². The topological polar surface area (TPSA) is 72.7 Å². The van der Waals surface area contributed by atoms with Crippen LogP contribution >= 0.6 is 0 Å². The molecule has 0 saturated carbocycles. The van der Waals surface area contributed by atoms with Crippen LogP contribution in [-0.4, -0.2) is 41.5 Å². The SMILES string of the molecule is CCC1CN(C(=O)c2ccc([N+](=O)[O-])c(C)c2)CCO1. The summed E-state index contributed by atoms with van der Waals surface area (Å²) in [6.45, 7) is 5.34. The third-order valence-electron chi connectivity index (χ3n) is 3.52. The van der Waals surface area contributed by atoms with Crippen molar-refractivity contribution in [1.82, 2.24) is 4.90 Å². The second-order valence-corrected chi connectivity index (χ2v) is 4.91. The van der Waals surface area contributed by atoms with Crippen LogP contribution in [0.25, 0.3) is 0 Å². The van der Waals surface area contributed by atoms with Gasteiger partial charge in [0.1, 0.15) is 0 Å². The number of morpholine rings is 1. The second kappa shape index (κ2) is 6.00. The minimum atomic E-state index is -0.439.